The Hall–Kier alpha value is -3.69. The molecule has 0 radical (unpaired) electrons. The number of anilines is 1. The normalized spacial score (nSPS) is 13.7. The van der Waals surface area contributed by atoms with E-state index in [-0.39, 0.29) is 30.7 Å². The Kier molecular flexibility index (Phi) is 8.92. The highest BCUT2D eigenvalue weighted by molar-refractivity contribution is 8.02. The second-order valence-corrected chi connectivity index (χ2v) is 9.66. The number of carbonyl (C=O) groups excluding carboxylic acids is 3. The van der Waals surface area contributed by atoms with E-state index in [1.165, 1.54) is 40.9 Å². The van der Waals surface area contributed by atoms with E-state index in [2.05, 4.69) is 10.6 Å². The van der Waals surface area contributed by atoms with Crippen molar-refractivity contribution in [3.05, 3.63) is 83.5 Å². The Bertz CT molecular complexity index is 1330. The van der Waals surface area contributed by atoms with Crippen LogP contribution in [0.3, 0.4) is 0 Å². The van der Waals surface area contributed by atoms with Crippen molar-refractivity contribution in [1.29, 1.82) is 0 Å². The number of thioether (sulfide) groups is 1. The molecule has 1 aliphatic heterocycles. The number of hydrogen-bond donors (Lipinski definition) is 3. The molecule has 1 heterocycles. The number of hydrogen-bond acceptors (Lipinski definition) is 5. The second kappa shape index (κ2) is 12.5. The number of nitrogens with zero attached hydrogens (tertiary/aromatic N) is 1. The zero-order chi connectivity index (χ0) is 26.2. The van der Waals surface area contributed by atoms with Crippen molar-refractivity contribution >= 4 is 45.9 Å². The summed E-state index contributed by atoms with van der Waals surface area (Å²) in [7, 11) is 0. The van der Waals surface area contributed by atoms with E-state index in [1.807, 2.05) is 42.5 Å². The summed E-state index contributed by atoms with van der Waals surface area (Å²) in [6.07, 6.45) is 2.32. The minimum absolute atomic E-state index is 0.0225. The van der Waals surface area contributed by atoms with Crippen LogP contribution in [0.4, 0.5) is 10.1 Å². The van der Waals surface area contributed by atoms with Crippen LogP contribution >= 0.6 is 11.8 Å². The monoisotopic (exact) mass is 520 g/mol. The molecule has 0 spiro atoms. The van der Waals surface area contributed by atoms with Gasteiger partial charge in [0.1, 0.15) is 11.9 Å². The van der Waals surface area contributed by atoms with Gasteiger partial charge in [0, 0.05) is 36.9 Å². The zero-order valence-corrected chi connectivity index (χ0v) is 21.1. The lowest BCUT2D eigenvalue weighted by Gasteiger charge is -2.23. The van der Waals surface area contributed by atoms with Crippen molar-refractivity contribution in [2.45, 2.75) is 30.2 Å². The van der Waals surface area contributed by atoms with Crippen LogP contribution in [0.5, 0.6) is 0 Å². The van der Waals surface area contributed by atoms with E-state index in [4.69, 9.17) is 5.73 Å². The summed E-state index contributed by atoms with van der Waals surface area (Å²) in [6, 6.07) is 17.3. The lowest BCUT2D eigenvalue weighted by atomic mass is 10.0. The first kappa shape index (κ1) is 26.4. The maximum absolute atomic E-state index is 13.7. The van der Waals surface area contributed by atoms with Gasteiger partial charge in [-0.1, -0.05) is 54.2 Å². The van der Waals surface area contributed by atoms with E-state index in [0.717, 1.165) is 16.3 Å². The summed E-state index contributed by atoms with van der Waals surface area (Å²) in [5.74, 6) is -1.35. The van der Waals surface area contributed by atoms with Crippen molar-refractivity contribution in [3.63, 3.8) is 0 Å². The molecule has 3 amide bonds. The molecule has 4 rings (SSSR count). The molecule has 192 valence electrons. The summed E-state index contributed by atoms with van der Waals surface area (Å²) in [6.45, 7) is 0.953. The predicted molar refractivity (Wildman–Crippen MR) is 145 cm³/mol. The maximum atomic E-state index is 13.7. The van der Waals surface area contributed by atoms with E-state index in [0.29, 0.717) is 36.5 Å². The van der Waals surface area contributed by atoms with Crippen LogP contribution < -0.4 is 21.3 Å². The molecule has 0 aliphatic carbocycles. The molecule has 1 unspecified atom stereocenters. The highest BCUT2D eigenvalue weighted by atomic mass is 32.2. The number of fused-ring (bicyclic) bond motifs is 2. The van der Waals surface area contributed by atoms with Gasteiger partial charge in [0.25, 0.3) is 5.91 Å². The molecular weight excluding hydrogens is 491 g/mol. The number of nitrogens with one attached hydrogen (secondary N) is 2. The lowest BCUT2D eigenvalue weighted by Crippen LogP contribution is -2.49. The first-order valence-corrected chi connectivity index (χ1v) is 13.0. The summed E-state index contributed by atoms with van der Waals surface area (Å²) in [5, 5.41) is 9.42. The summed E-state index contributed by atoms with van der Waals surface area (Å²) in [4.78, 5) is 40.6. The Morgan fingerprint density at radius 1 is 1.05 bits per heavy atom. The SMILES string of the molecule is NCCCNC(=O)C(Cc1ccc2ccccc2c1)NC(=O)CCN1C(=O)C=CSc2cc(F)ccc21. The number of amides is 3. The van der Waals surface area contributed by atoms with E-state index < -0.39 is 11.9 Å². The van der Waals surface area contributed by atoms with Gasteiger partial charge in [-0.25, -0.2) is 4.39 Å². The van der Waals surface area contributed by atoms with Crippen molar-refractivity contribution < 1.29 is 18.8 Å². The minimum atomic E-state index is -0.789. The molecular formula is C28H29FN4O3S. The van der Waals surface area contributed by atoms with Gasteiger partial charge in [0.15, 0.2) is 0 Å². The van der Waals surface area contributed by atoms with E-state index in [1.54, 1.807) is 5.41 Å². The van der Waals surface area contributed by atoms with Crippen LogP contribution in [-0.4, -0.2) is 43.4 Å². The minimum Gasteiger partial charge on any atom is -0.354 e. The van der Waals surface area contributed by atoms with Crippen LogP contribution in [0.2, 0.25) is 0 Å². The number of rotatable bonds is 10. The number of carbonyl (C=O) groups is 3. The highest BCUT2D eigenvalue weighted by Crippen LogP contribution is 2.34. The molecule has 0 saturated heterocycles. The van der Waals surface area contributed by atoms with Crippen LogP contribution in [0.1, 0.15) is 18.4 Å². The molecule has 3 aromatic rings. The lowest BCUT2D eigenvalue weighted by molar-refractivity contribution is -0.129. The molecule has 1 aliphatic rings. The third-order valence-electron chi connectivity index (χ3n) is 6.03. The van der Waals surface area contributed by atoms with Crippen molar-refractivity contribution in [2.75, 3.05) is 24.5 Å². The first-order valence-electron chi connectivity index (χ1n) is 12.1. The quantitative estimate of drug-likeness (QED) is 0.355. The fourth-order valence-corrected chi connectivity index (χ4v) is 4.95. The fraction of sp³-hybridized carbons (Fsp3) is 0.250. The summed E-state index contributed by atoms with van der Waals surface area (Å²) >= 11 is 1.25. The van der Waals surface area contributed by atoms with Gasteiger partial charge in [-0.2, -0.15) is 0 Å². The van der Waals surface area contributed by atoms with E-state index in [9.17, 15) is 18.8 Å². The largest absolute Gasteiger partial charge is 0.354 e. The molecule has 3 aromatic carbocycles. The smallest absolute Gasteiger partial charge is 0.251 e. The number of halogens is 1. The topological polar surface area (TPSA) is 105 Å². The predicted octanol–water partition coefficient (Wildman–Crippen LogP) is 3.51. The molecule has 7 nitrogen and oxygen atoms in total. The van der Waals surface area contributed by atoms with Crippen molar-refractivity contribution in [2.24, 2.45) is 5.73 Å². The van der Waals surface area contributed by atoms with Crippen molar-refractivity contribution in [3.8, 4) is 0 Å². The molecule has 0 bridgehead atoms. The molecule has 1 atom stereocenters. The van der Waals surface area contributed by atoms with Crippen LogP contribution in [-0.2, 0) is 20.8 Å². The Labute approximate surface area is 219 Å². The molecule has 0 aromatic heterocycles. The van der Waals surface area contributed by atoms with Gasteiger partial charge in [0.2, 0.25) is 11.8 Å². The molecule has 0 saturated carbocycles. The Balaban J connectivity index is 1.46. The average molecular weight is 521 g/mol. The third-order valence-corrected chi connectivity index (χ3v) is 6.89. The first-order chi connectivity index (χ1) is 17.9. The standard InChI is InChI=1S/C28H29FN4O3S/c29-22-8-9-24-25(18-22)37-15-11-27(35)33(24)14-10-26(34)32-23(28(36)31-13-3-12-30)17-19-6-7-20-4-1-2-5-21(20)16-19/h1-2,4-9,11,15-16,18,23H,3,10,12-14,17,30H2,(H,31,36)(H,32,34). The molecule has 37 heavy (non-hydrogen) atoms. The fourth-order valence-electron chi connectivity index (χ4n) is 4.14. The summed E-state index contributed by atoms with van der Waals surface area (Å²) in [5.41, 5.74) is 7.00. The van der Waals surface area contributed by atoms with Gasteiger partial charge in [-0.3, -0.25) is 14.4 Å². The van der Waals surface area contributed by atoms with Gasteiger partial charge >= 0.3 is 0 Å². The maximum Gasteiger partial charge on any atom is 0.251 e. The number of nitrogens with two attached hydrogens (primary N) is 1. The highest BCUT2D eigenvalue weighted by Gasteiger charge is 2.24. The van der Waals surface area contributed by atoms with Crippen LogP contribution in [0, 0.1) is 5.82 Å². The van der Waals surface area contributed by atoms with Gasteiger partial charge in [-0.05, 0) is 52.9 Å². The molecule has 0 fully saturated rings. The zero-order valence-electron chi connectivity index (χ0n) is 20.3. The van der Waals surface area contributed by atoms with Gasteiger partial charge in [0.05, 0.1) is 5.69 Å². The Morgan fingerprint density at radius 3 is 2.68 bits per heavy atom. The number of benzene rings is 3. The Morgan fingerprint density at radius 2 is 1.86 bits per heavy atom. The molecule has 9 heteroatoms. The van der Waals surface area contributed by atoms with E-state index >= 15 is 0 Å². The average Bonchev–Trinajstić information content (AvgIpc) is 3.04. The van der Waals surface area contributed by atoms with Gasteiger partial charge < -0.3 is 21.3 Å². The summed E-state index contributed by atoms with van der Waals surface area (Å²) < 4.78 is 13.7. The second-order valence-electron chi connectivity index (χ2n) is 8.71. The van der Waals surface area contributed by atoms with Crippen LogP contribution in [0.15, 0.2) is 77.0 Å². The van der Waals surface area contributed by atoms with Crippen molar-refractivity contribution in [1.82, 2.24) is 10.6 Å². The third kappa shape index (κ3) is 6.96. The molecule has 4 N–H and O–H groups in total. The van der Waals surface area contributed by atoms with Crippen LogP contribution in [0.25, 0.3) is 10.8 Å². The van der Waals surface area contributed by atoms with Gasteiger partial charge in [-0.15, -0.1) is 0 Å².